The molecule has 2 aromatic carbocycles. The van der Waals surface area contributed by atoms with E-state index in [1.807, 2.05) is 44.2 Å². The van der Waals surface area contributed by atoms with Gasteiger partial charge in [0, 0.05) is 32.7 Å². The topological polar surface area (TPSA) is 45.2 Å². The van der Waals surface area contributed by atoms with Crippen LogP contribution < -0.4 is 9.64 Å². The minimum absolute atomic E-state index is 0.183. The quantitative estimate of drug-likeness (QED) is 0.654. The fourth-order valence-corrected chi connectivity index (χ4v) is 3.68. The molecule has 2 aromatic rings. The maximum atomic E-state index is 13.9. The Hall–Kier alpha value is -2.15. The van der Waals surface area contributed by atoms with Crippen molar-refractivity contribution in [3.8, 4) is 5.75 Å². The monoisotopic (exact) mass is 402 g/mol. The Labute approximate surface area is 172 Å². The summed E-state index contributed by atoms with van der Waals surface area (Å²) in [6, 6.07) is 12.9. The van der Waals surface area contributed by atoms with Gasteiger partial charge in [-0.1, -0.05) is 30.3 Å². The number of aliphatic hydroxyl groups is 1. The lowest BCUT2D eigenvalue weighted by atomic mass is 10.1. The van der Waals surface area contributed by atoms with E-state index < -0.39 is 6.10 Å². The van der Waals surface area contributed by atoms with E-state index in [1.165, 1.54) is 6.07 Å². The molecule has 1 aliphatic heterocycles. The number of nitrogens with zero attached hydrogens (tertiary/aromatic N) is 2. The van der Waals surface area contributed by atoms with Gasteiger partial charge in [-0.05, 0) is 37.1 Å². The van der Waals surface area contributed by atoms with Gasteiger partial charge >= 0.3 is 0 Å². The summed E-state index contributed by atoms with van der Waals surface area (Å²) in [6.07, 6.45) is -0.546. The molecule has 0 spiro atoms. The molecule has 158 valence electrons. The van der Waals surface area contributed by atoms with Crippen molar-refractivity contribution in [2.24, 2.45) is 0 Å². The van der Waals surface area contributed by atoms with E-state index in [0.717, 1.165) is 43.1 Å². The summed E-state index contributed by atoms with van der Waals surface area (Å²) in [5.41, 5.74) is 2.87. The normalized spacial score (nSPS) is 16.1. The molecule has 1 aliphatic rings. The van der Waals surface area contributed by atoms with Gasteiger partial charge in [0.1, 0.15) is 18.2 Å². The molecule has 1 heterocycles. The Balaban J connectivity index is 1.31. The second kappa shape index (κ2) is 10.6. The molecule has 1 unspecified atom stereocenters. The van der Waals surface area contributed by atoms with E-state index in [0.29, 0.717) is 25.4 Å². The van der Waals surface area contributed by atoms with Crippen molar-refractivity contribution in [3.63, 3.8) is 0 Å². The zero-order valence-electron chi connectivity index (χ0n) is 17.3. The Bertz CT molecular complexity index is 758. The number of aryl methyl sites for hydroxylation is 2. The molecule has 0 aromatic heterocycles. The van der Waals surface area contributed by atoms with Gasteiger partial charge in [-0.25, -0.2) is 4.39 Å². The smallest absolute Gasteiger partial charge is 0.146 e. The fourth-order valence-electron chi connectivity index (χ4n) is 3.68. The number of ether oxygens (including phenoxy) is 2. The molecule has 0 radical (unpaired) electrons. The van der Waals surface area contributed by atoms with E-state index in [-0.39, 0.29) is 12.4 Å². The fraction of sp³-hybridized carbons (Fsp3) is 0.478. The van der Waals surface area contributed by atoms with Gasteiger partial charge in [0.15, 0.2) is 0 Å². The van der Waals surface area contributed by atoms with Crippen molar-refractivity contribution < 1.29 is 19.0 Å². The van der Waals surface area contributed by atoms with E-state index in [1.54, 1.807) is 6.07 Å². The van der Waals surface area contributed by atoms with Crippen LogP contribution >= 0.6 is 0 Å². The lowest BCUT2D eigenvalue weighted by Crippen LogP contribution is -2.49. The van der Waals surface area contributed by atoms with Crippen LogP contribution in [0, 0.1) is 19.7 Å². The average Bonchev–Trinajstić information content (AvgIpc) is 2.71. The zero-order valence-corrected chi connectivity index (χ0v) is 17.3. The molecule has 1 fully saturated rings. The zero-order chi connectivity index (χ0) is 20.6. The van der Waals surface area contributed by atoms with E-state index in [2.05, 4.69) is 9.80 Å². The number of benzene rings is 2. The van der Waals surface area contributed by atoms with Crippen molar-refractivity contribution in [3.05, 3.63) is 59.4 Å². The molecule has 5 nitrogen and oxygen atoms in total. The summed E-state index contributed by atoms with van der Waals surface area (Å²) in [4.78, 5) is 4.25. The van der Waals surface area contributed by atoms with Gasteiger partial charge in [0.2, 0.25) is 0 Å². The van der Waals surface area contributed by atoms with Crippen LogP contribution in [0.25, 0.3) is 0 Å². The number of hydrogen-bond acceptors (Lipinski definition) is 5. The lowest BCUT2D eigenvalue weighted by Gasteiger charge is -2.36. The van der Waals surface area contributed by atoms with Gasteiger partial charge in [-0.15, -0.1) is 0 Å². The highest BCUT2D eigenvalue weighted by Gasteiger charge is 2.21. The van der Waals surface area contributed by atoms with Crippen LogP contribution in [0.4, 0.5) is 10.1 Å². The van der Waals surface area contributed by atoms with Gasteiger partial charge in [-0.2, -0.15) is 0 Å². The maximum absolute atomic E-state index is 13.9. The molecule has 29 heavy (non-hydrogen) atoms. The largest absolute Gasteiger partial charge is 0.491 e. The predicted molar refractivity (Wildman–Crippen MR) is 113 cm³/mol. The SMILES string of the molecule is Cc1cccc(C)c1OCCOCC(O)CN1CCN(c2ccccc2F)CC1. The maximum Gasteiger partial charge on any atom is 0.146 e. The third kappa shape index (κ3) is 6.16. The molecule has 6 heteroatoms. The molecule has 0 aliphatic carbocycles. The molecular weight excluding hydrogens is 371 g/mol. The minimum atomic E-state index is -0.546. The van der Waals surface area contributed by atoms with Crippen LogP contribution in [0.5, 0.6) is 5.75 Å². The third-order valence-electron chi connectivity index (χ3n) is 5.23. The van der Waals surface area contributed by atoms with Crippen molar-refractivity contribution in [1.82, 2.24) is 4.90 Å². The van der Waals surface area contributed by atoms with Gasteiger partial charge in [-0.3, -0.25) is 4.90 Å². The highest BCUT2D eigenvalue weighted by molar-refractivity contribution is 5.48. The number of aliphatic hydroxyl groups excluding tert-OH is 1. The molecule has 0 saturated carbocycles. The Kier molecular flexibility index (Phi) is 7.86. The average molecular weight is 403 g/mol. The third-order valence-corrected chi connectivity index (χ3v) is 5.23. The van der Waals surface area contributed by atoms with Gasteiger partial charge < -0.3 is 19.5 Å². The van der Waals surface area contributed by atoms with Gasteiger partial charge in [0.25, 0.3) is 0 Å². The summed E-state index contributed by atoms with van der Waals surface area (Å²) in [5.74, 6) is 0.724. The van der Waals surface area contributed by atoms with E-state index in [4.69, 9.17) is 9.47 Å². The summed E-state index contributed by atoms with van der Waals surface area (Å²) in [6.45, 7) is 8.87. The summed E-state index contributed by atoms with van der Waals surface area (Å²) in [5, 5.41) is 10.3. The summed E-state index contributed by atoms with van der Waals surface area (Å²) >= 11 is 0. The number of anilines is 1. The van der Waals surface area contributed by atoms with Crippen molar-refractivity contribution in [2.45, 2.75) is 20.0 Å². The Morgan fingerprint density at radius 3 is 2.34 bits per heavy atom. The summed E-state index contributed by atoms with van der Waals surface area (Å²) in [7, 11) is 0. The van der Waals surface area contributed by atoms with Gasteiger partial charge in [0.05, 0.1) is 25.0 Å². The number of piperazine rings is 1. The Morgan fingerprint density at radius 2 is 1.66 bits per heavy atom. The summed E-state index contributed by atoms with van der Waals surface area (Å²) < 4.78 is 25.3. The van der Waals surface area contributed by atoms with Crippen LogP contribution in [-0.4, -0.2) is 68.7 Å². The van der Waals surface area contributed by atoms with Crippen LogP contribution in [0.3, 0.4) is 0 Å². The highest BCUT2D eigenvalue weighted by atomic mass is 19.1. The lowest BCUT2D eigenvalue weighted by molar-refractivity contribution is 0.00706. The number of halogens is 1. The van der Waals surface area contributed by atoms with Crippen molar-refractivity contribution in [2.75, 3.05) is 57.4 Å². The number of β-amino-alcohol motifs (C(OH)–C–C–N with tert-alkyl or cyclic N) is 1. The number of hydrogen-bond donors (Lipinski definition) is 1. The van der Waals surface area contributed by atoms with E-state index >= 15 is 0 Å². The van der Waals surface area contributed by atoms with Crippen molar-refractivity contribution in [1.29, 1.82) is 0 Å². The van der Waals surface area contributed by atoms with Crippen LogP contribution in [0.15, 0.2) is 42.5 Å². The molecule has 1 N–H and O–H groups in total. The predicted octanol–water partition coefficient (Wildman–Crippen LogP) is 3.02. The molecule has 0 amide bonds. The first-order valence-electron chi connectivity index (χ1n) is 10.2. The molecule has 0 bridgehead atoms. The molecule has 1 atom stereocenters. The highest BCUT2D eigenvalue weighted by Crippen LogP contribution is 2.22. The molecular formula is C23H31FN2O3. The van der Waals surface area contributed by atoms with Crippen LogP contribution in [0.2, 0.25) is 0 Å². The van der Waals surface area contributed by atoms with Crippen molar-refractivity contribution >= 4 is 5.69 Å². The second-order valence-electron chi connectivity index (χ2n) is 7.54. The number of rotatable bonds is 9. The molecule has 3 rings (SSSR count). The minimum Gasteiger partial charge on any atom is -0.491 e. The van der Waals surface area contributed by atoms with E-state index in [9.17, 15) is 9.50 Å². The number of para-hydroxylation sites is 2. The van der Waals surface area contributed by atoms with Crippen LogP contribution in [0.1, 0.15) is 11.1 Å². The first kappa shape index (κ1) is 21.6. The first-order valence-corrected chi connectivity index (χ1v) is 10.2. The standard InChI is InChI=1S/C23H31FN2O3/c1-18-6-5-7-19(2)23(18)29-15-14-28-17-20(27)16-25-10-12-26(13-11-25)22-9-4-3-8-21(22)24/h3-9,20,27H,10-17H2,1-2H3. The van der Waals surface area contributed by atoms with Crippen LogP contribution in [-0.2, 0) is 4.74 Å². The first-order chi connectivity index (χ1) is 14.0. The molecule has 1 saturated heterocycles. The second-order valence-corrected chi connectivity index (χ2v) is 7.54. The Morgan fingerprint density at radius 1 is 0.966 bits per heavy atom.